The van der Waals surface area contributed by atoms with Gasteiger partial charge in [0.25, 0.3) is 0 Å². The number of aliphatic hydroxyl groups is 1. The zero-order valence-electron chi connectivity index (χ0n) is 4.96. The molecule has 0 aliphatic heterocycles. The first kappa shape index (κ1) is 7.43. The van der Waals surface area contributed by atoms with E-state index >= 15 is 0 Å². The number of aliphatic hydroxyl groups excluding tert-OH is 1. The maximum Gasteiger partial charge on any atom is 0.308 e. The van der Waals surface area contributed by atoms with Gasteiger partial charge in [0.05, 0.1) is 12.0 Å². The summed E-state index contributed by atoms with van der Waals surface area (Å²) < 4.78 is 0. The van der Waals surface area contributed by atoms with Crippen LogP contribution in [0.1, 0.15) is 13.8 Å². The monoisotopic (exact) mass is 118 g/mol. The Morgan fingerprint density at radius 1 is 1.50 bits per heavy atom. The second kappa shape index (κ2) is 2.67. The second-order valence-corrected chi connectivity index (χ2v) is 1.87. The fourth-order valence-electron chi connectivity index (χ4n) is 0.206. The normalized spacial score (nSPS) is 17.4. The molecule has 0 radical (unpaired) electrons. The van der Waals surface area contributed by atoms with E-state index < -0.39 is 18.0 Å². The lowest BCUT2D eigenvalue weighted by Gasteiger charge is -2.06. The van der Waals surface area contributed by atoms with Gasteiger partial charge < -0.3 is 10.2 Å². The maximum absolute atomic E-state index is 9.98. The third-order valence-corrected chi connectivity index (χ3v) is 1.11. The first-order valence-corrected chi connectivity index (χ1v) is 2.46. The average molecular weight is 118 g/mol. The first-order chi connectivity index (χ1) is 3.55. The Morgan fingerprint density at radius 2 is 1.88 bits per heavy atom. The highest BCUT2D eigenvalue weighted by Crippen LogP contribution is 1.99. The van der Waals surface area contributed by atoms with Gasteiger partial charge in [-0.3, -0.25) is 4.79 Å². The minimum Gasteiger partial charge on any atom is -0.481 e. The minimum absolute atomic E-state index is 0.657. The summed E-state index contributed by atoms with van der Waals surface area (Å²) >= 11 is 0. The smallest absolute Gasteiger partial charge is 0.308 e. The summed E-state index contributed by atoms with van der Waals surface area (Å²) in [5.74, 6) is -1.62. The number of hydrogen-bond acceptors (Lipinski definition) is 2. The van der Waals surface area contributed by atoms with Gasteiger partial charge in [0, 0.05) is 0 Å². The van der Waals surface area contributed by atoms with E-state index in [0.29, 0.717) is 0 Å². The molecule has 3 heteroatoms. The van der Waals surface area contributed by atoms with Crippen LogP contribution in [0, 0.1) is 5.92 Å². The Labute approximate surface area is 47.9 Å². The van der Waals surface area contributed by atoms with Gasteiger partial charge in [-0.2, -0.15) is 0 Å². The van der Waals surface area contributed by atoms with E-state index in [2.05, 4.69) is 0 Å². The topological polar surface area (TPSA) is 57.5 Å². The van der Waals surface area contributed by atoms with Crippen LogP contribution in [0.4, 0.5) is 0 Å². The summed E-state index contributed by atoms with van der Waals surface area (Å²) in [5, 5.41) is 16.8. The van der Waals surface area contributed by atoms with E-state index in [1.54, 1.807) is 0 Å². The number of aliphatic carboxylic acids is 1. The highest BCUT2D eigenvalue weighted by molar-refractivity contribution is 5.70. The third-order valence-electron chi connectivity index (χ3n) is 1.11. The molecular formula is C5H10O3. The van der Waals surface area contributed by atoms with Gasteiger partial charge in [0.15, 0.2) is 0 Å². The molecule has 0 aliphatic carbocycles. The molecule has 0 rings (SSSR count). The van der Waals surface area contributed by atoms with Crippen LogP contribution in [-0.2, 0) is 4.79 Å². The van der Waals surface area contributed by atoms with Crippen LogP contribution in [0.5, 0.6) is 0 Å². The lowest BCUT2D eigenvalue weighted by molar-refractivity contribution is -0.144. The Kier molecular flexibility index (Phi) is 2.48. The highest BCUT2D eigenvalue weighted by Gasteiger charge is 2.15. The quantitative estimate of drug-likeness (QED) is 0.540. The minimum atomic E-state index is -0.958. The molecule has 0 bridgehead atoms. The molecule has 48 valence electrons. The molecular weight excluding hydrogens is 108 g/mol. The van der Waals surface area contributed by atoms with Crippen molar-refractivity contribution in [1.29, 1.82) is 0 Å². The van der Waals surface area contributed by atoms with Crippen LogP contribution < -0.4 is 0 Å². The summed E-state index contributed by atoms with van der Waals surface area (Å²) in [5.41, 5.74) is 0. The van der Waals surface area contributed by atoms with Gasteiger partial charge in [0.1, 0.15) is 0 Å². The van der Waals surface area contributed by atoms with Gasteiger partial charge in [-0.05, 0) is 13.8 Å². The number of carboxylic acid groups (broad SMARTS) is 1. The molecule has 0 aromatic carbocycles. The number of rotatable bonds is 2. The Bertz CT molecular complexity index is 87.7. The Hall–Kier alpha value is -0.570. The van der Waals surface area contributed by atoms with Crippen molar-refractivity contribution in [2.75, 3.05) is 0 Å². The van der Waals surface area contributed by atoms with Gasteiger partial charge in [-0.1, -0.05) is 0 Å². The Morgan fingerprint density at radius 3 is 1.88 bits per heavy atom. The van der Waals surface area contributed by atoms with Crippen molar-refractivity contribution in [1.82, 2.24) is 0 Å². The molecule has 0 spiro atoms. The molecule has 0 aliphatic rings. The van der Waals surface area contributed by atoms with Crippen LogP contribution in [-0.4, -0.2) is 22.3 Å². The molecule has 2 atom stereocenters. The molecule has 2 N–H and O–H groups in total. The molecule has 0 aromatic heterocycles. The lowest BCUT2D eigenvalue weighted by Crippen LogP contribution is -2.21. The molecule has 3 nitrogen and oxygen atoms in total. The first-order valence-electron chi connectivity index (χ1n) is 2.46. The summed E-state index contributed by atoms with van der Waals surface area (Å²) in [6.45, 7) is 2.92. The van der Waals surface area contributed by atoms with Crippen molar-refractivity contribution in [2.45, 2.75) is 20.0 Å². The molecule has 1 unspecified atom stereocenters. The summed E-state index contributed by atoms with van der Waals surface area (Å²) in [6, 6.07) is 0. The maximum atomic E-state index is 9.98. The zero-order valence-corrected chi connectivity index (χ0v) is 4.96. The van der Waals surface area contributed by atoms with E-state index in [1.807, 2.05) is 0 Å². The fourth-order valence-corrected chi connectivity index (χ4v) is 0.206. The molecule has 8 heavy (non-hydrogen) atoms. The van der Waals surface area contributed by atoms with Gasteiger partial charge in [0.2, 0.25) is 0 Å². The molecule has 0 aromatic rings. The third kappa shape index (κ3) is 1.93. The second-order valence-electron chi connectivity index (χ2n) is 1.87. The highest BCUT2D eigenvalue weighted by atomic mass is 16.4. The van der Waals surface area contributed by atoms with Crippen molar-refractivity contribution in [3.05, 3.63) is 0 Å². The predicted octanol–water partition coefficient (Wildman–Crippen LogP) is 0.0879. The van der Waals surface area contributed by atoms with Crippen molar-refractivity contribution in [3.8, 4) is 0 Å². The Balaban J connectivity index is 3.64. The predicted molar refractivity (Wildman–Crippen MR) is 28.5 cm³/mol. The summed E-state index contributed by atoms with van der Waals surface area (Å²) in [4.78, 5) is 9.98. The molecule has 0 fully saturated rings. The standard InChI is InChI=1S/C5H10O3/c1-3(4(2)6)5(7)8/h3-4,6H,1-2H3,(H,7,8)/t3?,4-/m1/s1. The van der Waals surface area contributed by atoms with Gasteiger partial charge >= 0.3 is 5.97 Å². The molecule has 0 saturated carbocycles. The average Bonchev–Trinajstić information content (AvgIpc) is 1.64. The number of hydrogen-bond donors (Lipinski definition) is 2. The van der Waals surface area contributed by atoms with Crippen LogP contribution in [0.3, 0.4) is 0 Å². The van der Waals surface area contributed by atoms with E-state index in [0.717, 1.165) is 0 Å². The van der Waals surface area contributed by atoms with Crippen molar-refractivity contribution in [2.24, 2.45) is 5.92 Å². The fraction of sp³-hybridized carbons (Fsp3) is 0.800. The number of carbonyl (C=O) groups is 1. The lowest BCUT2D eigenvalue weighted by atomic mass is 10.1. The number of carboxylic acids is 1. The molecule has 0 amide bonds. The van der Waals surface area contributed by atoms with Crippen LogP contribution >= 0.6 is 0 Å². The van der Waals surface area contributed by atoms with Crippen molar-refractivity contribution >= 4 is 5.97 Å². The van der Waals surface area contributed by atoms with E-state index in [9.17, 15) is 4.79 Å². The van der Waals surface area contributed by atoms with Crippen LogP contribution in [0.2, 0.25) is 0 Å². The van der Waals surface area contributed by atoms with E-state index in [4.69, 9.17) is 10.2 Å². The zero-order chi connectivity index (χ0) is 6.73. The SMILES string of the molecule is CC(C(=O)O)[C@@H](C)O. The van der Waals surface area contributed by atoms with Crippen LogP contribution in [0.15, 0.2) is 0 Å². The van der Waals surface area contributed by atoms with Gasteiger partial charge in [-0.25, -0.2) is 0 Å². The van der Waals surface area contributed by atoms with Gasteiger partial charge in [-0.15, -0.1) is 0 Å². The summed E-state index contributed by atoms with van der Waals surface area (Å²) in [7, 11) is 0. The van der Waals surface area contributed by atoms with Crippen molar-refractivity contribution in [3.63, 3.8) is 0 Å². The van der Waals surface area contributed by atoms with E-state index in [1.165, 1.54) is 13.8 Å². The van der Waals surface area contributed by atoms with E-state index in [-0.39, 0.29) is 0 Å². The molecule has 0 heterocycles. The summed E-state index contributed by atoms with van der Waals surface area (Å²) in [6.07, 6.45) is -0.757. The molecule has 0 saturated heterocycles. The largest absolute Gasteiger partial charge is 0.481 e. The van der Waals surface area contributed by atoms with Crippen LogP contribution in [0.25, 0.3) is 0 Å². The van der Waals surface area contributed by atoms with Crippen molar-refractivity contribution < 1.29 is 15.0 Å².